The number of halogens is 1. The summed E-state index contributed by atoms with van der Waals surface area (Å²) in [6.07, 6.45) is 2.04. The third-order valence-electron chi connectivity index (χ3n) is 5.63. The Morgan fingerprint density at radius 3 is 2.23 bits per heavy atom. The van der Waals surface area contributed by atoms with Gasteiger partial charge in [-0.1, -0.05) is 19.9 Å². The quantitative estimate of drug-likeness (QED) is 0.595. The van der Waals surface area contributed by atoms with E-state index in [-0.39, 0.29) is 17.6 Å². The molecule has 1 fully saturated rings. The molecule has 1 aromatic carbocycles. The fourth-order valence-corrected chi connectivity index (χ4v) is 3.42. The van der Waals surface area contributed by atoms with E-state index in [0.29, 0.717) is 0 Å². The van der Waals surface area contributed by atoms with E-state index in [1.54, 1.807) is 13.0 Å². The summed E-state index contributed by atoms with van der Waals surface area (Å²) >= 11 is 0. The molecule has 1 aromatic rings. The average molecular weight is 360 g/mol. The fourth-order valence-electron chi connectivity index (χ4n) is 3.42. The second-order valence-electron chi connectivity index (χ2n) is 8.51. The second kappa shape index (κ2) is 5.93. The van der Waals surface area contributed by atoms with E-state index in [0.717, 1.165) is 16.6 Å². The van der Waals surface area contributed by atoms with Crippen LogP contribution in [0, 0.1) is 5.82 Å². The van der Waals surface area contributed by atoms with E-state index in [1.807, 2.05) is 47.6 Å². The van der Waals surface area contributed by atoms with Crippen molar-refractivity contribution < 1.29 is 23.2 Å². The van der Waals surface area contributed by atoms with Gasteiger partial charge in [-0.15, -0.1) is 0 Å². The number of ether oxygens (including phenoxy) is 1. The average Bonchev–Trinajstić information content (AvgIpc) is 2.88. The third kappa shape index (κ3) is 2.89. The zero-order chi connectivity index (χ0) is 19.5. The molecule has 3 rings (SSSR count). The Morgan fingerprint density at radius 1 is 1.12 bits per heavy atom. The van der Waals surface area contributed by atoms with Crippen LogP contribution in [-0.2, 0) is 19.5 Å². The summed E-state index contributed by atoms with van der Waals surface area (Å²) in [5.74, 6) is -1.23. The molecule has 6 heteroatoms. The van der Waals surface area contributed by atoms with Gasteiger partial charge in [-0.25, -0.2) is 9.18 Å². The number of esters is 1. The van der Waals surface area contributed by atoms with Gasteiger partial charge in [0.05, 0.1) is 23.4 Å². The Bertz CT molecular complexity index is 779. The standard InChI is InChI=1S/C20H26BFO4/c1-8-24-17(23)13-9-12-14(10-16(13)22)18(2,3)11-15(12)21-25-19(4,5)20(6,7)26-21/h9-11H,8H2,1-7H3. The van der Waals surface area contributed by atoms with Crippen molar-refractivity contribution in [2.24, 2.45) is 0 Å². The fraction of sp³-hybridized carbons (Fsp3) is 0.550. The summed E-state index contributed by atoms with van der Waals surface area (Å²) in [6.45, 7) is 13.9. The minimum Gasteiger partial charge on any atom is -0.462 e. The molecule has 0 radical (unpaired) electrons. The second-order valence-corrected chi connectivity index (χ2v) is 8.51. The van der Waals surface area contributed by atoms with E-state index in [4.69, 9.17) is 14.0 Å². The number of fused-ring (bicyclic) bond motifs is 1. The zero-order valence-electron chi connectivity index (χ0n) is 16.5. The lowest BCUT2D eigenvalue weighted by Gasteiger charge is -2.32. The molecular formula is C20H26BFO4. The van der Waals surface area contributed by atoms with Crippen LogP contribution in [0.3, 0.4) is 0 Å². The van der Waals surface area contributed by atoms with Crippen molar-refractivity contribution in [2.75, 3.05) is 6.61 Å². The van der Waals surface area contributed by atoms with E-state index in [9.17, 15) is 9.18 Å². The number of allylic oxidation sites excluding steroid dienone is 1. The number of rotatable bonds is 3. The van der Waals surface area contributed by atoms with Crippen molar-refractivity contribution in [3.8, 4) is 0 Å². The predicted octanol–water partition coefficient (Wildman–Crippen LogP) is 4.31. The van der Waals surface area contributed by atoms with Gasteiger partial charge in [-0.05, 0) is 63.4 Å². The molecule has 0 aromatic heterocycles. The first-order valence-electron chi connectivity index (χ1n) is 8.99. The molecule has 140 valence electrons. The van der Waals surface area contributed by atoms with Gasteiger partial charge in [0.1, 0.15) is 5.82 Å². The van der Waals surface area contributed by atoms with E-state index in [2.05, 4.69) is 0 Å². The van der Waals surface area contributed by atoms with Gasteiger partial charge >= 0.3 is 13.1 Å². The molecular weight excluding hydrogens is 334 g/mol. The van der Waals surface area contributed by atoms with Gasteiger partial charge in [0.15, 0.2) is 0 Å². The lowest BCUT2D eigenvalue weighted by atomic mass is 9.75. The highest BCUT2D eigenvalue weighted by molar-refractivity contribution is 6.69. The van der Waals surface area contributed by atoms with Crippen molar-refractivity contribution in [1.29, 1.82) is 0 Å². The molecule has 4 nitrogen and oxygen atoms in total. The highest BCUT2D eigenvalue weighted by Crippen LogP contribution is 2.47. The van der Waals surface area contributed by atoms with Crippen LogP contribution in [0.15, 0.2) is 18.2 Å². The summed E-state index contributed by atoms with van der Waals surface area (Å²) in [6, 6.07) is 2.99. The zero-order valence-corrected chi connectivity index (χ0v) is 16.5. The molecule has 1 aliphatic carbocycles. The molecule has 1 saturated heterocycles. The van der Waals surface area contributed by atoms with Crippen LogP contribution in [-0.4, -0.2) is 30.9 Å². The van der Waals surface area contributed by atoms with Crippen LogP contribution >= 0.6 is 0 Å². The number of carbonyl (C=O) groups is 1. The van der Waals surface area contributed by atoms with Crippen LogP contribution in [0.2, 0.25) is 0 Å². The van der Waals surface area contributed by atoms with Crippen LogP contribution in [0.4, 0.5) is 4.39 Å². The van der Waals surface area contributed by atoms with Crippen LogP contribution in [0.25, 0.3) is 5.47 Å². The van der Waals surface area contributed by atoms with Crippen molar-refractivity contribution >= 4 is 18.6 Å². The molecule has 0 bridgehead atoms. The number of carbonyl (C=O) groups excluding carboxylic acids is 1. The number of benzene rings is 1. The lowest BCUT2D eigenvalue weighted by molar-refractivity contribution is 0.00578. The summed E-state index contributed by atoms with van der Waals surface area (Å²) in [4.78, 5) is 12.1. The number of hydrogen-bond donors (Lipinski definition) is 0. The molecule has 0 atom stereocenters. The Labute approximate surface area is 154 Å². The van der Waals surface area contributed by atoms with Gasteiger partial charge < -0.3 is 14.0 Å². The Morgan fingerprint density at radius 2 is 1.69 bits per heavy atom. The van der Waals surface area contributed by atoms with E-state index < -0.39 is 30.1 Å². The summed E-state index contributed by atoms with van der Waals surface area (Å²) in [7, 11) is -0.568. The van der Waals surface area contributed by atoms with E-state index >= 15 is 0 Å². The smallest absolute Gasteiger partial charge is 0.462 e. The summed E-state index contributed by atoms with van der Waals surface area (Å²) in [5, 5.41) is 0. The van der Waals surface area contributed by atoms with Crippen LogP contribution in [0.5, 0.6) is 0 Å². The molecule has 0 unspecified atom stereocenters. The van der Waals surface area contributed by atoms with Gasteiger partial charge in [0, 0.05) is 5.41 Å². The van der Waals surface area contributed by atoms with Gasteiger partial charge in [-0.2, -0.15) is 0 Å². The van der Waals surface area contributed by atoms with Crippen molar-refractivity contribution in [2.45, 2.75) is 65.1 Å². The van der Waals surface area contributed by atoms with Crippen molar-refractivity contribution in [1.82, 2.24) is 0 Å². The first-order valence-corrected chi connectivity index (χ1v) is 8.99. The number of hydrogen-bond acceptors (Lipinski definition) is 4. The topological polar surface area (TPSA) is 44.8 Å². The maximum absolute atomic E-state index is 14.5. The van der Waals surface area contributed by atoms with Crippen LogP contribution < -0.4 is 0 Å². The van der Waals surface area contributed by atoms with Gasteiger partial charge in [0.2, 0.25) is 0 Å². The monoisotopic (exact) mass is 360 g/mol. The normalized spacial score (nSPS) is 22.2. The lowest BCUT2D eigenvalue weighted by Crippen LogP contribution is -2.41. The molecule has 1 heterocycles. The summed E-state index contributed by atoms with van der Waals surface area (Å²) in [5.41, 5.74) is 1.01. The van der Waals surface area contributed by atoms with Gasteiger partial charge in [-0.3, -0.25) is 0 Å². The minimum atomic E-state index is -0.661. The summed E-state index contributed by atoms with van der Waals surface area (Å²) < 4.78 is 31.9. The molecule has 1 aliphatic heterocycles. The highest BCUT2D eigenvalue weighted by atomic mass is 19.1. The molecule has 2 aliphatic rings. The van der Waals surface area contributed by atoms with Gasteiger partial charge in [0.25, 0.3) is 0 Å². The Kier molecular flexibility index (Phi) is 4.36. The first kappa shape index (κ1) is 19.1. The predicted molar refractivity (Wildman–Crippen MR) is 99.4 cm³/mol. The molecule has 0 spiro atoms. The Hall–Kier alpha value is -1.66. The first-order chi connectivity index (χ1) is 11.9. The molecule has 26 heavy (non-hydrogen) atoms. The molecule has 0 amide bonds. The molecule has 0 N–H and O–H groups in total. The maximum atomic E-state index is 14.5. The van der Waals surface area contributed by atoms with Crippen molar-refractivity contribution in [3.63, 3.8) is 0 Å². The SMILES string of the molecule is CCOC(=O)c1cc2c(cc1F)C(C)(C)C=C2B1OC(C)(C)C(C)(C)O1. The maximum Gasteiger partial charge on any atom is 0.495 e. The molecule has 0 saturated carbocycles. The Balaban J connectivity index is 2.07. The van der Waals surface area contributed by atoms with Crippen LogP contribution in [0.1, 0.15) is 70.0 Å². The third-order valence-corrected chi connectivity index (χ3v) is 5.63. The highest BCUT2D eigenvalue weighted by Gasteiger charge is 2.54. The van der Waals surface area contributed by atoms with Crippen molar-refractivity contribution in [3.05, 3.63) is 40.7 Å². The minimum absolute atomic E-state index is 0.0642. The van der Waals surface area contributed by atoms with E-state index in [1.165, 1.54) is 6.07 Å². The largest absolute Gasteiger partial charge is 0.495 e.